The van der Waals surface area contributed by atoms with Crippen molar-refractivity contribution in [3.05, 3.63) is 0 Å². The van der Waals surface area contributed by atoms with Crippen LogP contribution in [0.3, 0.4) is 0 Å². The Bertz CT molecular complexity index is 240. The quantitative estimate of drug-likeness (QED) is 0.391. The number of aliphatic imine (C=N–C) groups is 1. The molecule has 1 saturated heterocycles. The molecule has 100 valence electrons. The molecule has 5 heteroatoms. The Labute approximate surface area is 104 Å². The van der Waals surface area contributed by atoms with Crippen LogP contribution in [0.5, 0.6) is 0 Å². The van der Waals surface area contributed by atoms with Crippen LogP contribution < -0.4 is 10.6 Å². The van der Waals surface area contributed by atoms with E-state index in [1.165, 1.54) is 0 Å². The summed E-state index contributed by atoms with van der Waals surface area (Å²) in [4.78, 5) is 4.56. The van der Waals surface area contributed by atoms with E-state index in [1.807, 2.05) is 6.92 Å². The number of hydrogen-bond donors (Lipinski definition) is 2. The standard InChI is InChI=1S/C12H25N3O2/c1-4-13-11(14-6-7-16-5-2)15-8-12(3)9-17-10-12/h4-10H2,1-3H3,(H2,13,14,15). The molecule has 0 aromatic rings. The van der Waals surface area contributed by atoms with Crippen molar-refractivity contribution in [3.63, 3.8) is 0 Å². The van der Waals surface area contributed by atoms with E-state index in [1.54, 1.807) is 0 Å². The summed E-state index contributed by atoms with van der Waals surface area (Å²) in [6, 6.07) is 0. The largest absolute Gasteiger partial charge is 0.380 e. The van der Waals surface area contributed by atoms with Gasteiger partial charge in [0.25, 0.3) is 0 Å². The molecule has 1 aliphatic rings. The molecule has 1 fully saturated rings. The highest BCUT2D eigenvalue weighted by Crippen LogP contribution is 2.26. The van der Waals surface area contributed by atoms with E-state index in [9.17, 15) is 0 Å². The van der Waals surface area contributed by atoms with Crippen LogP contribution >= 0.6 is 0 Å². The van der Waals surface area contributed by atoms with Gasteiger partial charge in [0, 0.05) is 25.1 Å². The van der Waals surface area contributed by atoms with Gasteiger partial charge >= 0.3 is 0 Å². The minimum atomic E-state index is 0.224. The van der Waals surface area contributed by atoms with E-state index in [0.717, 1.165) is 45.4 Å². The highest BCUT2D eigenvalue weighted by Gasteiger charge is 2.33. The second-order valence-electron chi connectivity index (χ2n) is 4.62. The summed E-state index contributed by atoms with van der Waals surface area (Å²) in [5, 5.41) is 6.47. The Morgan fingerprint density at radius 3 is 2.65 bits per heavy atom. The molecule has 0 spiro atoms. The number of hydrogen-bond acceptors (Lipinski definition) is 3. The topological polar surface area (TPSA) is 54.9 Å². The molecule has 17 heavy (non-hydrogen) atoms. The summed E-state index contributed by atoms with van der Waals surface area (Å²) in [5.74, 6) is 0.861. The molecule has 5 nitrogen and oxygen atoms in total. The van der Waals surface area contributed by atoms with E-state index < -0.39 is 0 Å². The van der Waals surface area contributed by atoms with Gasteiger partial charge in [-0.1, -0.05) is 6.92 Å². The Balaban J connectivity index is 2.27. The van der Waals surface area contributed by atoms with E-state index in [-0.39, 0.29) is 5.41 Å². The minimum absolute atomic E-state index is 0.224. The molecule has 0 saturated carbocycles. The molecule has 1 aliphatic heterocycles. The van der Waals surface area contributed by atoms with Gasteiger partial charge in [0.2, 0.25) is 0 Å². The van der Waals surface area contributed by atoms with Crippen LogP contribution in [-0.4, -0.2) is 52.0 Å². The van der Waals surface area contributed by atoms with E-state index in [0.29, 0.717) is 6.61 Å². The third kappa shape index (κ3) is 5.37. The summed E-state index contributed by atoms with van der Waals surface area (Å²) in [6.07, 6.45) is 0. The van der Waals surface area contributed by atoms with Gasteiger partial charge in [0.1, 0.15) is 0 Å². The molecule has 1 rings (SSSR count). The highest BCUT2D eigenvalue weighted by molar-refractivity contribution is 5.79. The molecule has 0 aromatic carbocycles. The minimum Gasteiger partial charge on any atom is -0.380 e. The van der Waals surface area contributed by atoms with Crippen molar-refractivity contribution in [3.8, 4) is 0 Å². The van der Waals surface area contributed by atoms with Gasteiger partial charge in [-0.15, -0.1) is 0 Å². The number of guanidine groups is 1. The fourth-order valence-electron chi connectivity index (χ4n) is 1.54. The van der Waals surface area contributed by atoms with Crippen molar-refractivity contribution >= 4 is 5.96 Å². The second kappa shape index (κ2) is 7.50. The Kier molecular flexibility index (Phi) is 6.29. The zero-order valence-corrected chi connectivity index (χ0v) is 11.2. The van der Waals surface area contributed by atoms with Crippen molar-refractivity contribution in [1.82, 2.24) is 10.6 Å². The Morgan fingerprint density at radius 1 is 1.35 bits per heavy atom. The average Bonchev–Trinajstić information content (AvgIpc) is 2.29. The molecule has 0 unspecified atom stereocenters. The van der Waals surface area contributed by atoms with Crippen LogP contribution in [0, 0.1) is 5.41 Å². The second-order valence-corrected chi connectivity index (χ2v) is 4.62. The van der Waals surface area contributed by atoms with Crippen LogP contribution in [0.2, 0.25) is 0 Å². The molecule has 0 aliphatic carbocycles. The van der Waals surface area contributed by atoms with Crippen molar-refractivity contribution in [2.75, 3.05) is 46.1 Å². The highest BCUT2D eigenvalue weighted by atomic mass is 16.5. The maximum atomic E-state index is 5.27. The molecular formula is C12H25N3O2. The third-order valence-corrected chi connectivity index (χ3v) is 2.61. The fourth-order valence-corrected chi connectivity index (χ4v) is 1.54. The van der Waals surface area contributed by atoms with Gasteiger partial charge in [0.05, 0.1) is 26.4 Å². The zero-order chi connectivity index (χ0) is 12.6. The number of ether oxygens (including phenoxy) is 2. The van der Waals surface area contributed by atoms with E-state index in [2.05, 4.69) is 29.5 Å². The van der Waals surface area contributed by atoms with Crippen molar-refractivity contribution in [2.45, 2.75) is 20.8 Å². The number of nitrogens with one attached hydrogen (secondary N) is 2. The zero-order valence-electron chi connectivity index (χ0n) is 11.2. The lowest BCUT2D eigenvalue weighted by Gasteiger charge is -2.36. The monoisotopic (exact) mass is 243 g/mol. The summed E-state index contributed by atoms with van der Waals surface area (Å²) >= 11 is 0. The molecule has 0 aromatic heterocycles. The predicted octanol–water partition coefficient (Wildman–Crippen LogP) is 0.615. The first-order chi connectivity index (χ1) is 8.20. The van der Waals surface area contributed by atoms with Crippen LogP contribution in [0.25, 0.3) is 0 Å². The van der Waals surface area contributed by atoms with Crippen molar-refractivity contribution in [1.29, 1.82) is 0 Å². The van der Waals surface area contributed by atoms with Gasteiger partial charge in [-0.3, -0.25) is 4.99 Å². The maximum absolute atomic E-state index is 5.27. The third-order valence-electron chi connectivity index (χ3n) is 2.61. The average molecular weight is 243 g/mol. The summed E-state index contributed by atoms with van der Waals surface area (Å²) < 4.78 is 10.5. The molecule has 0 bridgehead atoms. The molecule has 0 amide bonds. The molecule has 0 radical (unpaired) electrons. The molecule has 1 heterocycles. The predicted molar refractivity (Wildman–Crippen MR) is 69.4 cm³/mol. The van der Waals surface area contributed by atoms with Crippen LogP contribution in [0.4, 0.5) is 0 Å². The maximum Gasteiger partial charge on any atom is 0.191 e. The lowest BCUT2D eigenvalue weighted by atomic mass is 9.89. The van der Waals surface area contributed by atoms with Gasteiger partial charge in [-0.25, -0.2) is 0 Å². The first-order valence-corrected chi connectivity index (χ1v) is 6.38. The lowest BCUT2D eigenvalue weighted by Crippen LogP contribution is -2.44. The summed E-state index contributed by atoms with van der Waals surface area (Å²) in [5.41, 5.74) is 0.224. The van der Waals surface area contributed by atoms with Gasteiger partial charge in [-0.2, -0.15) is 0 Å². The Morgan fingerprint density at radius 2 is 2.12 bits per heavy atom. The number of nitrogens with zero attached hydrogens (tertiary/aromatic N) is 1. The fraction of sp³-hybridized carbons (Fsp3) is 0.917. The van der Waals surface area contributed by atoms with E-state index in [4.69, 9.17) is 9.47 Å². The van der Waals surface area contributed by atoms with E-state index >= 15 is 0 Å². The normalized spacial score (nSPS) is 18.6. The SMILES string of the molecule is CCNC(=NCC1(C)COC1)NCCOCC. The summed E-state index contributed by atoms with van der Waals surface area (Å²) in [7, 11) is 0. The number of rotatable bonds is 7. The van der Waals surface area contributed by atoms with Crippen LogP contribution in [0.15, 0.2) is 4.99 Å². The molecular weight excluding hydrogens is 218 g/mol. The van der Waals surface area contributed by atoms with Crippen molar-refractivity contribution in [2.24, 2.45) is 10.4 Å². The molecule has 0 atom stereocenters. The lowest BCUT2D eigenvalue weighted by molar-refractivity contribution is -0.0945. The molecule has 2 N–H and O–H groups in total. The van der Waals surface area contributed by atoms with Crippen LogP contribution in [0.1, 0.15) is 20.8 Å². The first-order valence-electron chi connectivity index (χ1n) is 6.38. The van der Waals surface area contributed by atoms with Gasteiger partial charge in [0.15, 0.2) is 5.96 Å². The van der Waals surface area contributed by atoms with Crippen LogP contribution in [-0.2, 0) is 9.47 Å². The summed E-state index contributed by atoms with van der Waals surface area (Å²) in [6.45, 7) is 11.8. The first kappa shape index (κ1) is 14.3. The van der Waals surface area contributed by atoms with Gasteiger partial charge in [-0.05, 0) is 13.8 Å². The van der Waals surface area contributed by atoms with Gasteiger partial charge < -0.3 is 20.1 Å². The Hall–Kier alpha value is -0.810. The van der Waals surface area contributed by atoms with Crippen molar-refractivity contribution < 1.29 is 9.47 Å². The smallest absolute Gasteiger partial charge is 0.191 e.